The van der Waals surface area contributed by atoms with Crippen molar-refractivity contribution in [1.82, 2.24) is 15.5 Å². The van der Waals surface area contributed by atoms with E-state index in [1.54, 1.807) is 0 Å². The van der Waals surface area contributed by atoms with Gasteiger partial charge < -0.3 is 14.6 Å². The van der Waals surface area contributed by atoms with E-state index in [2.05, 4.69) is 39.7 Å². The van der Waals surface area contributed by atoms with E-state index in [9.17, 15) is 0 Å². The summed E-state index contributed by atoms with van der Waals surface area (Å²) < 4.78 is 11.1. The number of hydrogen-bond donors (Lipinski definition) is 1. The summed E-state index contributed by atoms with van der Waals surface area (Å²) in [5.41, 5.74) is 2.17. The summed E-state index contributed by atoms with van der Waals surface area (Å²) >= 11 is 0. The molecule has 1 heterocycles. The zero-order valence-corrected chi connectivity index (χ0v) is 14.9. The first-order chi connectivity index (χ1) is 12.8. The zero-order chi connectivity index (χ0) is 17.8. The smallest absolute Gasteiger partial charge is 0.240 e. The van der Waals surface area contributed by atoms with Crippen molar-refractivity contribution in [3.8, 4) is 17.1 Å². The number of rotatable bonds is 8. The predicted molar refractivity (Wildman–Crippen MR) is 99.6 cm³/mol. The summed E-state index contributed by atoms with van der Waals surface area (Å²) in [5, 5.41) is 7.73. The van der Waals surface area contributed by atoms with Crippen LogP contribution in [0.1, 0.15) is 37.3 Å². The average molecular weight is 349 g/mol. The summed E-state index contributed by atoms with van der Waals surface area (Å²) in [5.74, 6) is 2.62. The van der Waals surface area contributed by atoms with Crippen molar-refractivity contribution in [3.63, 3.8) is 0 Å². The highest BCUT2D eigenvalue weighted by Gasteiger charge is 2.32. The second kappa shape index (κ2) is 7.70. The number of benzene rings is 2. The molecule has 0 spiro atoms. The minimum absolute atomic E-state index is 0.335. The van der Waals surface area contributed by atoms with Crippen LogP contribution in [0.3, 0.4) is 0 Å². The van der Waals surface area contributed by atoms with Crippen LogP contribution in [0.15, 0.2) is 59.1 Å². The van der Waals surface area contributed by atoms with Gasteiger partial charge in [-0.25, -0.2) is 0 Å². The van der Waals surface area contributed by atoms with E-state index in [1.807, 2.05) is 37.3 Å². The molecule has 1 aliphatic carbocycles. The SMILES string of the molecule is CCOc1ccccc1-c1noc(CN[C@@H](c2ccccc2)C2CC2)n1. The molecule has 26 heavy (non-hydrogen) atoms. The van der Waals surface area contributed by atoms with Crippen LogP contribution in [-0.4, -0.2) is 16.7 Å². The van der Waals surface area contributed by atoms with E-state index in [0.29, 0.717) is 36.8 Å². The van der Waals surface area contributed by atoms with E-state index in [4.69, 9.17) is 9.26 Å². The predicted octanol–water partition coefficient (Wildman–Crippen LogP) is 4.38. The van der Waals surface area contributed by atoms with Crippen molar-refractivity contribution in [3.05, 3.63) is 66.1 Å². The Morgan fingerprint density at radius 2 is 1.88 bits per heavy atom. The lowest BCUT2D eigenvalue weighted by atomic mass is 10.0. The number of aromatic nitrogens is 2. The minimum Gasteiger partial charge on any atom is -0.493 e. The maximum atomic E-state index is 5.66. The van der Waals surface area contributed by atoms with Crippen LogP contribution in [0.25, 0.3) is 11.4 Å². The molecular formula is C21H23N3O2. The Kier molecular flexibility index (Phi) is 4.97. The molecular weight excluding hydrogens is 326 g/mol. The second-order valence-electron chi connectivity index (χ2n) is 6.55. The van der Waals surface area contributed by atoms with Gasteiger partial charge in [0, 0.05) is 6.04 Å². The van der Waals surface area contributed by atoms with E-state index >= 15 is 0 Å². The van der Waals surface area contributed by atoms with Gasteiger partial charge in [-0.15, -0.1) is 0 Å². The van der Waals surface area contributed by atoms with Crippen molar-refractivity contribution in [2.75, 3.05) is 6.61 Å². The highest BCUT2D eigenvalue weighted by Crippen LogP contribution is 2.41. The Morgan fingerprint density at radius 3 is 2.65 bits per heavy atom. The molecule has 0 unspecified atom stereocenters. The number of para-hydroxylation sites is 1. The third kappa shape index (κ3) is 3.78. The Bertz CT molecular complexity index is 843. The number of nitrogens with one attached hydrogen (secondary N) is 1. The van der Waals surface area contributed by atoms with Gasteiger partial charge in [-0.05, 0) is 43.4 Å². The molecule has 5 nitrogen and oxygen atoms in total. The molecule has 0 aliphatic heterocycles. The van der Waals surface area contributed by atoms with E-state index in [-0.39, 0.29) is 0 Å². The van der Waals surface area contributed by atoms with Crippen LogP contribution >= 0.6 is 0 Å². The maximum absolute atomic E-state index is 5.66. The molecule has 2 aromatic carbocycles. The van der Waals surface area contributed by atoms with Gasteiger partial charge in [-0.1, -0.05) is 47.6 Å². The summed E-state index contributed by atoms with van der Waals surface area (Å²) in [4.78, 5) is 4.55. The Labute approximate surface area is 153 Å². The zero-order valence-electron chi connectivity index (χ0n) is 14.9. The number of ether oxygens (including phenoxy) is 1. The molecule has 1 atom stereocenters. The van der Waals surface area contributed by atoms with Crippen LogP contribution in [0.5, 0.6) is 5.75 Å². The van der Waals surface area contributed by atoms with Crippen LogP contribution in [0.4, 0.5) is 0 Å². The standard InChI is InChI=1S/C21H23N3O2/c1-2-25-18-11-7-6-10-17(18)21-23-19(26-24-21)14-22-20(16-12-13-16)15-8-4-3-5-9-15/h3-11,16,20,22H,2,12-14H2,1H3/t20-/m0/s1. The quantitative estimate of drug-likeness (QED) is 0.654. The van der Waals surface area contributed by atoms with Crippen LogP contribution < -0.4 is 10.1 Å². The maximum Gasteiger partial charge on any atom is 0.240 e. The molecule has 134 valence electrons. The molecule has 4 rings (SSSR count). The molecule has 5 heteroatoms. The van der Waals surface area contributed by atoms with Crippen molar-refractivity contribution in [1.29, 1.82) is 0 Å². The molecule has 1 saturated carbocycles. The normalized spacial score (nSPS) is 15.0. The lowest BCUT2D eigenvalue weighted by molar-refractivity contribution is 0.340. The second-order valence-corrected chi connectivity index (χ2v) is 6.55. The molecule has 0 saturated heterocycles. The first-order valence-corrected chi connectivity index (χ1v) is 9.18. The molecule has 1 fully saturated rings. The summed E-state index contributed by atoms with van der Waals surface area (Å²) in [6, 6.07) is 18.7. The molecule has 0 radical (unpaired) electrons. The molecule has 0 amide bonds. The lowest BCUT2D eigenvalue weighted by Crippen LogP contribution is -2.22. The van der Waals surface area contributed by atoms with Gasteiger partial charge in [0.25, 0.3) is 0 Å². The highest BCUT2D eigenvalue weighted by atomic mass is 16.5. The first kappa shape index (κ1) is 16.8. The monoisotopic (exact) mass is 349 g/mol. The minimum atomic E-state index is 0.335. The van der Waals surface area contributed by atoms with Crippen LogP contribution in [0, 0.1) is 5.92 Å². The fourth-order valence-electron chi connectivity index (χ4n) is 3.21. The Morgan fingerprint density at radius 1 is 1.12 bits per heavy atom. The van der Waals surface area contributed by atoms with Crippen molar-refractivity contribution in [2.45, 2.75) is 32.4 Å². The molecule has 3 aromatic rings. The molecule has 1 N–H and O–H groups in total. The summed E-state index contributed by atoms with van der Waals surface area (Å²) in [6.07, 6.45) is 2.53. The third-order valence-corrected chi connectivity index (χ3v) is 4.62. The molecule has 1 aromatic heterocycles. The topological polar surface area (TPSA) is 60.2 Å². The van der Waals surface area contributed by atoms with Gasteiger partial charge >= 0.3 is 0 Å². The molecule has 1 aliphatic rings. The molecule has 0 bridgehead atoms. The highest BCUT2D eigenvalue weighted by molar-refractivity contribution is 5.63. The van der Waals surface area contributed by atoms with Crippen LogP contribution in [-0.2, 0) is 6.54 Å². The first-order valence-electron chi connectivity index (χ1n) is 9.18. The largest absolute Gasteiger partial charge is 0.493 e. The van der Waals surface area contributed by atoms with E-state index < -0.39 is 0 Å². The Balaban J connectivity index is 1.47. The summed E-state index contributed by atoms with van der Waals surface area (Å²) in [7, 11) is 0. The van der Waals surface area contributed by atoms with Gasteiger partial charge in [0.05, 0.1) is 18.7 Å². The van der Waals surface area contributed by atoms with Gasteiger partial charge in [0.2, 0.25) is 11.7 Å². The van der Waals surface area contributed by atoms with E-state index in [0.717, 1.165) is 11.3 Å². The van der Waals surface area contributed by atoms with Gasteiger partial charge in [0.1, 0.15) is 5.75 Å². The fraction of sp³-hybridized carbons (Fsp3) is 0.333. The van der Waals surface area contributed by atoms with Crippen molar-refractivity contribution < 1.29 is 9.26 Å². The third-order valence-electron chi connectivity index (χ3n) is 4.62. The average Bonchev–Trinajstić information content (AvgIpc) is 3.41. The van der Waals surface area contributed by atoms with Gasteiger partial charge in [-0.3, -0.25) is 0 Å². The fourth-order valence-corrected chi connectivity index (χ4v) is 3.21. The number of nitrogens with zero attached hydrogens (tertiary/aromatic N) is 2. The van der Waals surface area contributed by atoms with Crippen LogP contribution in [0.2, 0.25) is 0 Å². The van der Waals surface area contributed by atoms with Crippen molar-refractivity contribution in [2.24, 2.45) is 5.92 Å². The van der Waals surface area contributed by atoms with Gasteiger partial charge in [0.15, 0.2) is 0 Å². The van der Waals surface area contributed by atoms with Gasteiger partial charge in [-0.2, -0.15) is 4.98 Å². The Hall–Kier alpha value is -2.66. The van der Waals surface area contributed by atoms with E-state index in [1.165, 1.54) is 18.4 Å². The summed E-state index contributed by atoms with van der Waals surface area (Å²) in [6.45, 7) is 3.12. The lowest BCUT2D eigenvalue weighted by Gasteiger charge is -2.17. The van der Waals surface area contributed by atoms with Crippen molar-refractivity contribution >= 4 is 0 Å². The number of hydrogen-bond acceptors (Lipinski definition) is 5.